The van der Waals surface area contributed by atoms with E-state index >= 15 is 0 Å². The second kappa shape index (κ2) is 10.9. The number of hydrogen-bond donors (Lipinski definition) is 3. The van der Waals surface area contributed by atoms with Gasteiger partial charge in [-0.15, -0.1) is 0 Å². The van der Waals surface area contributed by atoms with Gasteiger partial charge in [0, 0.05) is 17.8 Å². The van der Waals surface area contributed by atoms with Gasteiger partial charge < -0.3 is 16.4 Å². The normalized spacial score (nSPS) is 16.9. The lowest BCUT2D eigenvalue weighted by molar-refractivity contribution is -0.120. The molecule has 0 aliphatic heterocycles. The Morgan fingerprint density at radius 1 is 1.03 bits per heavy atom. The molecule has 34 heavy (non-hydrogen) atoms. The number of anilines is 2. The summed E-state index contributed by atoms with van der Waals surface area (Å²) in [5.41, 5.74) is 6.39. The molecule has 2 saturated carbocycles. The van der Waals surface area contributed by atoms with Crippen molar-refractivity contribution in [3.05, 3.63) is 40.7 Å². The zero-order chi connectivity index (χ0) is 24.1. The van der Waals surface area contributed by atoms with Gasteiger partial charge in [-0.2, -0.15) is 4.37 Å². The number of nitrogen functional groups attached to an aromatic ring is 1. The van der Waals surface area contributed by atoms with Crippen LogP contribution in [0.25, 0.3) is 0 Å². The Morgan fingerprint density at radius 3 is 2.35 bits per heavy atom. The Bertz CT molecular complexity index is 1050. The number of hydrogen-bond acceptors (Lipinski definition) is 6. The fourth-order valence-corrected chi connectivity index (χ4v) is 5.40. The number of carbonyl (C=O) groups excluding carboxylic acids is 3. The third-order valence-electron chi connectivity index (χ3n) is 6.46. The summed E-state index contributed by atoms with van der Waals surface area (Å²) in [6.45, 7) is -0.292. The van der Waals surface area contributed by atoms with Crippen LogP contribution in [0.2, 0.25) is 0 Å². The molecular weight excluding hydrogens is 457 g/mol. The van der Waals surface area contributed by atoms with E-state index in [0.29, 0.717) is 0 Å². The molecule has 2 aromatic rings. The van der Waals surface area contributed by atoms with Crippen molar-refractivity contribution in [1.82, 2.24) is 15.0 Å². The molecule has 2 fully saturated rings. The number of aromatic nitrogens is 1. The van der Waals surface area contributed by atoms with Crippen molar-refractivity contribution >= 4 is 40.6 Å². The van der Waals surface area contributed by atoms with E-state index in [4.69, 9.17) is 5.73 Å². The Labute approximate surface area is 202 Å². The fraction of sp³-hybridized carbons (Fsp3) is 0.500. The van der Waals surface area contributed by atoms with Crippen LogP contribution in [0.5, 0.6) is 0 Å². The van der Waals surface area contributed by atoms with Gasteiger partial charge in [0.05, 0.1) is 5.69 Å². The highest BCUT2D eigenvalue weighted by atomic mass is 32.1. The quantitative estimate of drug-likeness (QED) is 0.551. The Morgan fingerprint density at radius 2 is 1.68 bits per heavy atom. The second-order valence-electron chi connectivity index (χ2n) is 9.00. The summed E-state index contributed by atoms with van der Waals surface area (Å²) in [5.74, 6) is -1.87. The van der Waals surface area contributed by atoms with Gasteiger partial charge in [0.2, 0.25) is 5.91 Å². The smallest absolute Gasteiger partial charge is 0.273 e. The third kappa shape index (κ3) is 5.72. The zero-order valence-corrected chi connectivity index (χ0v) is 19.8. The lowest BCUT2D eigenvalue weighted by Crippen LogP contribution is -2.43. The molecule has 2 aliphatic rings. The minimum Gasteiger partial charge on any atom is -0.395 e. The molecule has 1 heterocycles. The molecule has 1 aromatic carbocycles. The highest BCUT2D eigenvalue weighted by molar-refractivity contribution is 7.09. The number of amides is 3. The summed E-state index contributed by atoms with van der Waals surface area (Å²) in [6.07, 6.45) is 9.02. The van der Waals surface area contributed by atoms with E-state index in [1.165, 1.54) is 23.1 Å². The van der Waals surface area contributed by atoms with Crippen molar-refractivity contribution in [3.63, 3.8) is 0 Å². The number of nitrogens with one attached hydrogen (secondary N) is 2. The second-order valence-corrected chi connectivity index (χ2v) is 9.78. The molecule has 0 saturated heterocycles. The minimum absolute atomic E-state index is 0.00789. The molecule has 8 nitrogen and oxygen atoms in total. The summed E-state index contributed by atoms with van der Waals surface area (Å²) in [4.78, 5) is 40.1. The summed E-state index contributed by atoms with van der Waals surface area (Å²) >= 11 is 0.809. The number of nitrogens with zero attached hydrogens (tertiary/aromatic N) is 2. The maximum Gasteiger partial charge on any atom is 0.273 e. The molecule has 2 aliphatic carbocycles. The number of halogens is 1. The predicted octanol–water partition coefficient (Wildman–Crippen LogP) is 3.63. The molecule has 10 heteroatoms. The van der Waals surface area contributed by atoms with E-state index in [1.807, 2.05) is 0 Å². The summed E-state index contributed by atoms with van der Waals surface area (Å²) in [5, 5.41) is 5.91. The lowest BCUT2D eigenvalue weighted by Gasteiger charge is -2.23. The predicted molar refractivity (Wildman–Crippen MR) is 129 cm³/mol. The van der Waals surface area contributed by atoms with E-state index in [2.05, 4.69) is 15.0 Å². The van der Waals surface area contributed by atoms with Crippen molar-refractivity contribution < 1.29 is 18.8 Å². The average molecular weight is 488 g/mol. The number of nitrogens with two attached hydrogens (primary N) is 1. The van der Waals surface area contributed by atoms with Crippen LogP contribution in [-0.4, -0.2) is 40.7 Å². The molecule has 3 amide bonds. The van der Waals surface area contributed by atoms with E-state index in [0.717, 1.165) is 69.3 Å². The molecule has 4 N–H and O–H groups in total. The average Bonchev–Trinajstić information content (AvgIpc) is 3.47. The SMILES string of the molecule is Nc1c(C(=O)NC2CCCCC2)nsc1C(=O)N(CC(=O)NC1CCCC1)c1cccc(F)c1. The highest BCUT2D eigenvalue weighted by Gasteiger charge is 2.30. The molecular formula is C24H30FN5O3S. The first-order valence-corrected chi connectivity index (χ1v) is 12.6. The topological polar surface area (TPSA) is 117 Å². The maximum atomic E-state index is 13.9. The molecule has 0 bridgehead atoms. The maximum absolute atomic E-state index is 13.9. The van der Waals surface area contributed by atoms with Crippen molar-refractivity contribution in [2.75, 3.05) is 17.2 Å². The number of carbonyl (C=O) groups is 3. The van der Waals surface area contributed by atoms with Crippen molar-refractivity contribution in [2.45, 2.75) is 69.9 Å². The summed E-state index contributed by atoms with van der Waals surface area (Å²) in [7, 11) is 0. The van der Waals surface area contributed by atoms with E-state index < -0.39 is 17.6 Å². The van der Waals surface area contributed by atoms with Crippen molar-refractivity contribution in [3.8, 4) is 0 Å². The van der Waals surface area contributed by atoms with Gasteiger partial charge in [0.15, 0.2) is 5.69 Å². The third-order valence-corrected chi connectivity index (χ3v) is 7.32. The van der Waals surface area contributed by atoms with Gasteiger partial charge in [-0.1, -0.05) is 38.2 Å². The van der Waals surface area contributed by atoms with Crippen LogP contribution in [0.3, 0.4) is 0 Å². The molecule has 0 radical (unpaired) electrons. The molecule has 0 unspecified atom stereocenters. The molecule has 4 rings (SSSR count). The van der Waals surface area contributed by atoms with Gasteiger partial charge in [-0.05, 0) is 55.4 Å². The number of benzene rings is 1. The van der Waals surface area contributed by atoms with Crippen LogP contribution in [-0.2, 0) is 4.79 Å². The van der Waals surface area contributed by atoms with Gasteiger partial charge in [0.25, 0.3) is 11.8 Å². The van der Waals surface area contributed by atoms with Gasteiger partial charge >= 0.3 is 0 Å². The first-order chi connectivity index (χ1) is 16.4. The van der Waals surface area contributed by atoms with Crippen molar-refractivity contribution in [1.29, 1.82) is 0 Å². The molecule has 182 valence electrons. The Balaban J connectivity index is 1.53. The standard InChI is InChI=1S/C24H30FN5O3S/c25-15-7-6-12-18(13-15)30(14-19(31)27-16-10-4-5-11-16)24(33)22-20(26)21(29-34-22)23(32)28-17-8-2-1-3-9-17/h6-7,12-13,16-17H,1-5,8-11,14,26H2,(H,27,31)(H,28,32). The fourth-order valence-electron chi connectivity index (χ4n) is 4.65. The van der Waals surface area contributed by atoms with Crippen LogP contribution < -0.4 is 21.3 Å². The monoisotopic (exact) mass is 487 g/mol. The lowest BCUT2D eigenvalue weighted by atomic mass is 9.95. The van der Waals surface area contributed by atoms with E-state index in [9.17, 15) is 18.8 Å². The molecule has 1 aromatic heterocycles. The Hall–Kier alpha value is -3.01. The van der Waals surface area contributed by atoms with Gasteiger partial charge in [0.1, 0.15) is 17.2 Å². The molecule has 0 atom stereocenters. The minimum atomic E-state index is -0.598. The first kappa shape index (κ1) is 24.1. The first-order valence-electron chi connectivity index (χ1n) is 11.8. The summed E-state index contributed by atoms with van der Waals surface area (Å²) in [6, 6.07) is 5.63. The van der Waals surface area contributed by atoms with Crippen LogP contribution >= 0.6 is 11.5 Å². The van der Waals surface area contributed by atoms with E-state index in [-0.39, 0.29) is 46.5 Å². The van der Waals surface area contributed by atoms with Gasteiger partial charge in [-0.3, -0.25) is 19.3 Å². The van der Waals surface area contributed by atoms with Gasteiger partial charge in [-0.25, -0.2) is 4.39 Å². The highest BCUT2D eigenvalue weighted by Crippen LogP contribution is 2.27. The summed E-state index contributed by atoms with van der Waals surface area (Å²) < 4.78 is 18.1. The van der Waals surface area contributed by atoms with Crippen LogP contribution in [0.1, 0.15) is 77.9 Å². The van der Waals surface area contributed by atoms with Crippen molar-refractivity contribution in [2.24, 2.45) is 0 Å². The van der Waals surface area contributed by atoms with Crippen LogP contribution in [0.4, 0.5) is 15.8 Å². The largest absolute Gasteiger partial charge is 0.395 e. The van der Waals surface area contributed by atoms with Crippen LogP contribution in [0, 0.1) is 5.82 Å². The molecule has 0 spiro atoms. The number of rotatable bonds is 7. The van der Waals surface area contributed by atoms with E-state index in [1.54, 1.807) is 6.07 Å². The zero-order valence-electron chi connectivity index (χ0n) is 19.0. The van der Waals surface area contributed by atoms with Crippen LogP contribution in [0.15, 0.2) is 24.3 Å². The Kier molecular flexibility index (Phi) is 7.77.